The minimum atomic E-state index is -4.45. The van der Waals surface area contributed by atoms with E-state index in [9.17, 15) is 18.0 Å². The number of hydrogen-bond donors (Lipinski definition) is 1. The van der Waals surface area contributed by atoms with E-state index < -0.39 is 11.7 Å². The van der Waals surface area contributed by atoms with Gasteiger partial charge in [-0.2, -0.15) is 18.3 Å². The van der Waals surface area contributed by atoms with Crippen molar-refractivity contribution in [2.75, 3.05) is 19.8 Å². The van der Waals surface area contributed by atoms with Crippen LogP contribution in [0.4, 0.5) is 13.2 Å². The van der Waals surface area contributed by atoms with Gasteiger partial charge in [-0.15, -0.1) is 0 Å². The van der Waals surface area contributed by atoms with Crippen molar-refractivity contribution in [3.05, 3.63) is 41.3 Å². The van der Waals surface area contributed by atoms with Crippen LogP contribution in [0, 0.1) is 12.8 Å². The van der Waals surface area contributed by atoms with Crippen LogP contribution >= 0.6 is 0 Å². The molecule has 1 aliphatic rings. The van der Waals surface area contributed by atoms with Crippen LogP contribution in [0.5, 0.6) is 0 Å². The van der Waals surface area contributed by atoms with Crippen molar-refractivity contribution in [1.82, 2.24) is 20.1 Å². The van der Waals surface area contributed by atoms with Crippen LogP contribution < -0.4 is 5.32 Å². The molecule has 3 rings (SSSR count). The lowest BCUT2D eigenvalue weighted by molar-refractivity contribution is -0.137. The van der Waals surface area contributed by atoms with Gasteiger partial charge in [0.15, 0.2) is 5.82 Å². The molecule has 0 aromatic carbocycles. The number of halogens is 3. The lowest BCUT2D eigenvalue weighted by Crippen LogP contribution is -2.25. The fourth-order valence-electron chi connectivity index (χ4n) is 2.55. The van der Waals surface area contributed by atoms with E-state index in [4.69, 9.17) is 4.74 Å². The third-order valence-corrected chi connectivity index (χ3v) is 4.35. The molecule has 0 atom stereocenters. The molecule has 9 heteroatoms. The van der Waals surface area contributed by atoms with Crippen molar-refractivity contribution in [1.29, 1.82) is 0 Å². The Labute approximate surface area is 154 Å². The summed E-state index contributed by atoms with van der Waals surface area (Å²) in [6.45, 7) is 3.54. The minimum absolute atomic E-state index is 0.216. The molecule has 0 saturated heterocycles. The van der Waals surface area contributed by atoms with E-state index in [1.807, 2.05) is 0 Å². The van der Waals surface area contributed by atoms with Gasteiger partial charge in [0.05, 0.1) is 23.0 Å². The molecule has 1 saturated carbocycles. The van der Waals surface area contributed by atoms with E-state index in [2.05, 4.69) is 15.4 Å². The summed E-state index contributed by atoms with van der Waals surface area (Å²) in [6.07, 6.45) is 0.886. The summed E-state index contributed by atoms with van der Waals surface area (Å²) >= 11 is 0. The summed E-state index contributed by atoms with van der Waals surface area (Å²) in [5.74, 6) is 0.646. The molecule has 146 valence electrons. The zero-order valence-electron chi connectivity index (χ0n) is 14.9. The number of rotatable bonds is 8. The van der Waals surface area contributed by atoms with E-state index in [0.29, 0.717) is 36.7 Å². The summed E-state index contributed by atoms with van der Waals surface area (Å²) in [5.41, 5.74) is 0.0262. The first-order chi connectivity index (χ1) is 12.9. The molecule has 0 spiro atoms. The van der Waals surface area contributed by atoms with Gasteiger partial charge in [0.2, 0.25) is 0 Å². The Kier molecular flexibility index (Phi) is 5.79. The average molecular weight is 382 g/mol. The molecule has 0 aliphatic heterocycles. The standard InChI is InChI=1S/C18H21F3N4O2/c1-12-15(17(26)22-7-2-8-27-11-13-3-4-13)10-24-25(12)16-6-5-14(9-23-16)18(19,20)21/h5-6,9-10,13H,2-4,7-8,11H2,1H3,(H,22,26). The van der Waals surface area contributed by atoms with E-state index in [1.54, 1.807) is 6.92 Å². The summed E-state index contributed by atoms with van der Waals surface area (Å²) in [5, 5.41) is 6.87. The number of pyridine rings is 1. The molecule has 6 nitrogen and oxygen atoms in total. The highest BCUT2D eigenvalue weighted by Gasteiger charge is 2.30. The molecule has 1 N–H and O–H groups in total. The smallest absolute Gasteiger partial charge is 0.381 e. The number of amides is 1. The van der Waals surface area contributed by atoms with Gasteiger partial charge in [-0.05, 0) is 44.2 Å². The van der Waals surface area contributed by atoms with Crippen molar-refractivity contribution in [2.45, 2.75) is 32.4 Å². The van der Waals surface area contributed by atoms with Crippen molar-refractivity contribution >= 4 is 5.91 Å². The van der Waals surface area contributed by atoms with E-state index in [0.717, 1.165) is 18.9 Å². The number of nitrogens with zero attached hydrogens (tertiary/aromatic N) is 3. The fourth-order valence-corrected chi connectivity index (χ4v) is 2.55. The SMILES string of the molecule is Cc1c(C(=O)NCCCOCC2CC2)cnn1-c1ccc(C(F)(F)F)cn1. The second kappa shape index (κ2) is 8.08. The maximum absolute atomic E-state index is 12.6. The molecule has 1 amide bonds. The maximum atomic E-state index is 12.6. The van der Waals surface area contributed by atoms with E-state index in [1.165, 1.54) is 29.8 Å². The zero-order chi connectivity index (χ0) is 19.4. The summed E-state index contributed by atoms with van der Waals surface area (Å²) in [4.78, 5) is 16.1. The topological polar surface area (TPSA) is 69.0 Å². The van der Waals surface area contributed by atoms with Crippen LogP contribution in [-0.2, 0) is 10.9 Å². The Morgan fingerprint density at radius 2 is 2.11 bits per heavy atom. The van der Waals surface area contributed by atoms with Crippen molar-refractivity contribution in [3.8, 4) is 5.82 Å². The lowest BCUT2D eigenvalue weighted by atomic mass is 10.2. The Bertz CT molecular complexity index is 783. The van der Waals surface area contributed by atoms with Crippen LogP contribution in [0.2, 0.25) is 0 Å². The lowest BCUT2D eigenvalue weighted by Gasteiger charge is -2.08. The zero-order valence-corrected chi connectivity index (χ0v) is 14.9. The van der Waals surface area contributed by atoms with Crippen molar-refractivity contribution < 1.29 is 22.7 Å². The molecule has 1 aliphatic carbocycles. The summed E-state index contributed by atoms with van der Waals surface area (Å²) < 4.78 is 44.7. The first-order valence-corrected chi connectivity index (χ1v) is 8.80. The molecule has 2 aromatic heterocycles. The van der Waals surface area contributed by atoms with Gasteiger partial charge in [-0.25, -0.2) is 9.67 Å². The summed E-state index contributed by atoms with van der Waals surface area (Å²) in [7, 11) is 0. The summed E-state index contributed by atoms with van der Waals surface area (Å²) in [6, 6.07) is 2.16. The molecular weight excluding hydrogens is 361 g/mol. The van der Waals surface area contributed by atoms with E-state index >= 15 is 0 Å². The van der Waals surface area contributed by atoms with Crippen LogP contribution in [0.3, 0.4) is 0 Å². The van der Waals surface area contributed by atoms with E-state index in [-0.39, 0.29) is 11.7 Å². The third kappa shape index (κ3) is 5.06. The fraction of sp³-hybridized carbons (Fsp3) is 0.500. The monoisotopic (exact) mass is 382 g/mol. The number of ether oxygens (including phenoxy) is 1. The molecule has 0 unspecified atom stereocenters. The molecule has 2 aromatic rings. The van der Waals surface area contributed by atoms with Gasteiger partial charge in [-0.1, -0.05) is 0 Å². The predicted molar refractivity (Wildman–Crippen MR) is 91.6 cm³/mol. The molecule has 0 bridgehead atoms. The molecule has 0 radical (unpaired) electrons. The van der Waals surface area contributed by atoms with Gasteiger partial charge in [0.25, 0.3) is 5.91 Å². The molecule has 27 heavy (non-hydrogen) atoms. The predicted octanol–water partition coefficient (Wildman–Crippen LogP) is 3.14. The highest BCUT2D eigenvalue weighted by molar-refractivity contribution is 5.95. The first-order valence-electron chi connectivity index (χ1n) is 8.80. The van der Waals surface area contributed by atoms with Gasteiger partial charge in [-0.3, -0.25) is 4.79 Å². The number of alkyl halides is 3. The molecule has 2 heterocycles. The second-order valence-corrected chi connectivity index (χ2v) is 6.59. The van der Waals surface area contributed by atoms with Gasteiger partial charge in [0.1, 0.15) is 0 Å². The number of aromatic nitrogens is 3. The van der Waals surface area contributed by atoms with Gasteiger partial charge in [0, 0.05) is 26.0 Å². The largest absolute Gasteiger partial charge is 0.417 e. The Balaban J connectivity index is 1.54. The molecular formula is C18H21F3N4O2. The molecule has 1 fully saturated rings. The van der Waals surface area contributed by atoms with Crippen LogP contribution in [0.1, 0.15) is 40.9 Å². The second-order valence-electron chi connectivity index (χ2n) is 6.59. The normalized spacial score (nSPS) is 14.4. The van der Waals surface area contributed by atoms with Crippen LogP contribution in [0.15, 0.2) is 24.5 Å². The van der Waals surface area contributed by atoms with Crippen molar-refractivity contribution in [2.24, 2.45) is 5.92 Å². The third-order valence-electron chi connectivity index (χ3n) is 4.35. The van der Waals surface area contributed by atoms with Gasteiger partial charge < -0.3 is 10.1 Å². The Morgan fingerprint density at radius 3 is 2.74 bits per heavy atom. The van der Waals surface area contributed by atoms with Crippen molar-refractivity contribution in [3.63, 3.8) is 0 Å². The number of hydrogen-bond acceptors (Lipinski definition) is 4. The first kappa shape index (κ1) is 19.3. The van der Waals surface area contributed by atoms with Crippen LogP contribution in [0.25, 0.3) is 5.82 Å². The van der Waals surface area contributed by atoms with Gasteiger partial charge >= 0.3 is 6.18 Å². The average Bonchev–Trinajstić information content (AvgIpc) is 3.37. The minimum Gasteiger partial charge on any atom is -0.381 e. The maximum Gasteiger partial charge on any atom is 0.417 e. The van der Waals surface area contributed by atoms with Crippen LogP contribution in [-0.4, -0.2) is 40.4 Å². The highest BCUT2D eigenvalue weighted by atomic mass is 19.4. The number of carbonyl (C=O) groups is 1. The highest BCUT2D eigenvalue weighted by Crippen LogP contribution is 2.29. The number of carbonyl (C=O) groups excluding carboxylic acids is 1. The number of nitrogens with one attached hydrogen (secondary N) is 1. The Hall–Kier alpha value is -2.42. The quantitative estimate of drug-likeness (QED) is 0.712. The Morgan fingerprint density at radius 1 is 1.33 bits per heavy atom.